The van der Waals surface area contributed by atoms with E-state index in [1.165, 1.54) is 23.0 Å². The number of benzene rings is 2. The first kappa shape index (κ1) is 22.6. The maximum atomic E-state index is 13.5. The highest BCUT2D eigenvalue weighted by Crippen LogP contribution is 2.18. The fraction of sp³-hybridized carbons (Fsp3) is 0.333. The van der Waals surface area contributed by atoms with Crippen molar-refractivity contribution < 1.29 is 14.0 Å². The van der Waals surface area contributed by atoms with Gasteiger partial charge in [0.15, 0.2) is 0 Å². The summed E-state index contributed by atoms with van der Waals surface area (Å²) in [4.78, 5) is 45.6. The number of piperazine rings is 1. The van der Waals surface area contributed by atoms with Crippen molar-refractivity contribution in [3.63, 3.8) is 0 Å². The van der Waals surface area contributed by atoms with Crippen molar-refractivity contribution >= 4 is 28.4 Å². The van der Waals surface area contributed by atoms with Crippen LogP contribution in [0.3, 0.4) is 0 Å². The van der Waals surface area contributed by atoms with Crippen LogP contribution in [-0.4, -0.2) is 63.9 Å². The lowest BCUT2D eigenvalue weighted by atomic mass is 10.1. The number of nitrogens with zero attached hydrogens (tertiary/aromatic N) is 4. The van der Waals surface area contributed by atoms with Crippen LogP contribution < -0.4 is 10.9 Å². The fourth-order valence-corrected chi connectivity index (χ4v) is 3.92. The number of aromatic nitrogens is 2. The van der Waals surface area contributed by atoms with Crippen molar-refractivity contribution in [1.82, 2.24) is 19.4 Å². The van der Waals surface area contributed by atoms with Crippen molar-refractivity contribution in [2.75, 3.05) is 38.0 Å². The van der Waals surface area contributed by atoms with Crippen LogP contribution in [0.15, 0.2) is 47.5 Å². The van der Waals surface area contributed by atoms with Gasteiger partial charge in [0, 0.05) is 31.9 Å². The van der Waals surface area contributed by atoms with Gasteiger partial charge in [-0.1, -0.05) is 12.1 Å². The number of hydrogen-bond acceptors (Lipinski definition) is 5. The molecule has 9 heteroatoms. The molecule has 1 saturated heterocycles. The van der Waals surface area contributed by atoms with E-state index in [1.807, 2.05) is 36.9 Å². The predicted molar refractivity (Wildman–Crippen MR) is 124 cm³/mol. The lowest BCUT2D eigenvalue weighted by molar-refractivity contribution is -0.133. The van der Waals surface area contributed by atoms with Crippen molar-refractivity contribution in [2.24, 2.45) is 0 Å². The summed E-state index contributed by atoms with van der Waals surface area (Å²) in [5.74, 6) is -0.832. The van der Waals surface area contributed by atoms with Crippen LogP contribution in [0.5, 0.6) is 0 Å². The molecule has 8 nitrogen and oxygen atoms in total. The van der Waals surface area contributed by atoms with E-state index in [-0.39, 0.29) is 30.3 Å². The Morgan fingerprint density at radius 1 is 1.06 bits per heavy atom. The number of nitrogens with one attached hydrogen (secondary N) is 1. The Bertz CT molecular complexity index is 1260. The lowest BCUT2D eigenvalue weighted by Crippen LogP contribution is -2.51. The molecule has 172 valence electrons. The highest BCUT2D eigenvalue weighted by atomic mass is 19.1. The molecule has 0 aliphatic carbocycles. The molecule has 2 aromatic carbocycles. The van der Waals surface area contributed by atoms with Crippen LogP contribution in [0.4, 0.5) is 10.1 Å². The minimum absolute atomic E-state index is 0.0931. The first-order valence-electron chi connectivity index (χ1n) is 10.8. The summed E-state index contributed by atoms with van der Waals surface area (Å²) in [5, 5.41) is 3.10. The van der Waals surface area contributed by atoms with E-state index in [9.17, 15) is 18.8 Å². The van der Waals surface area contributed by atoms with E-state index in [0.717, 1.165) is 22.9 Å². The van der Waals surface area contributed by atoms with Crippen LogP contribution in [-0.2, 0) is 16.1 Å². The van der Waals surface area contributed by atoms with Crippen LogP contribution >= 0.6 is 0 Å². The van der Waals surface area contributed by atoms with E-state index < -0.39 is 11.4 Å². The van der Waals surface area contributed by atoms with Crippen molar-refractivity contribution in [1.29, 1.82) is 0 Å². The number of hydrogen-bond donors (Lipinski definition) is 1. The van der Waals surface area contributed by atoms with Crippen molar-refractivity contribution in [3.05, 3.63) is 70.0 Å². The molecule has 2 heterocycles. The molecule has 1 N–H and O–H groups in total. The van der Waals surface area contributed by atoms with Gasteiger partial charge in [-0.2, -0.15) is 0 Å². The summed E-state index contributed by atoms with van der Waals surface area (Å²) in [5.41, 5.74) is 2.91. The monoisotopic (exact) mass is 451 g/mol. The van der Waals surface area contributed by atoms with Gasteiger partial charge >= 0.3 is 0 Å². The highest BCUT2D eigenvalue weighted by Gasteiger charge is 2.23. The van der Waals surface area contributed by atoms with Gasteiger partial charge in [-0.15, -0.1) is 0 Å². The van der Waals surface area contributed by atoms with Gasteiger partial charge in [0.25, 0.3) is 5.56 Å². The Morgan fingerprint density at radius 3 is 2.58 bits per heavy atom. The number of halogens is 1. The first-order chi connectivity index (χ1) is 15.8. The van der Waals surface area contributed by atoms with Crippen LogP contribution in [0, 0.1) is 19.7 Å². The van der Waals surface area contributed by atoms with Crippen molar-refractivity contribution in [2.45, 2.75) is 20.4 Å². The van der Waals surface area contributed by atoms with Crippen molar-refractivity contribution in [3.8, 4) is 0 Å². The number of amides is 2. The maximum Gasteiger partial charge on any atom is 0.261 e. The number of carbonyl (C=O) groups excluding carboxylic acids is 2. The van der Waals surface area contributed by atoms with Gasteiger partial charge in [0.2, 0.25) is 11.8 Å². The quantitative estimate of drug-likeness (QED) is 0.641. The summed E-state index contributed by atoms with van der Waals surface area (Å²) in [6, 6.07) is 9.61. The third-order valence-electron chi connectivity index (χ3n) is 6.06. The first-order valence-corrected chi connectivity index (χ1v) is 10.8. The number of carbonyl (C=O) groups is 2. The van der Waals surface area contributed by atoms with Gasteiger partial charge in [0.05, 0.1) is 23.8 Å². The molecule has 0 radical (unpaired) electrons. The minimum atomic E-state index is -0.525. The summed E-state index contributed by atoms with van der Waals surface area (Å²) in [7, 11) is 0. The van der Waals surface area contributed by atoms with Gasteiger partial charge < -0.3 is 10.2 Å². The second-order valence-corrected chi connectivity index (χ2v) is 8.29. The van der Waals surface area contributed by atoms with E-state index in [0.29, 0.717) is 31.7 Å². The summed E-state index contributed by atoms with van der Waals surface area (Å²) >= 11 is 0. The zero-order chi connectivity index (χ0) is 23.5. The molecule has 1 fully saturated rings. The third-order valence-corrected chi connectivity index (χ3v) is 6.06. The Morgan fingerprint density at radius 2 is 1.82 bits per heavy atom. The molecule has 0 spiro atoms. The molecular weight excluding hydrogens is 425 g/mol. The van der Waals surface area contributed by atoms with Gasteiger partial charge in [0.1, 0.15) is 12.4 Å². The molecule has 4 rings (SSSR count). The van der Waals surface area contributed by atoms with Gasteiger partial charge in [-0.25, -0.2) is 9.37 Å². The van der Waals surface area contributed by atoms with Gasteiger partial charge in [-0.05, 0) is 49.2 Å². The molecular formula is C24H26FN5O3. The zero-order valence-corrected chi connectivity index (χ0v) is 18.7. The molecule has 1 aliphatic heterocycles. The van der Waals surface area contributed by atoms with E-state index in [4.69, 9.17) is 0 Å². The van der Waals surface area contributed by atoms with Crippen LogP contribution in [0.1, 0.15) is 11.1 Å². The Kier molecular flexibility index (Phi) is 6.50. The standard InChI is InChI=1S/C24H26FN5O3/c1-16-4-3-5-20(17(16)2)27-22(31)13-28-8-10-29(11-9-28)23(32)14-30-15-26-21-7-6-18(25)12-19(21)24(30)33/h3-7,12,15H,8-11,13-14H2,1-2H3,(H,27,31). The SMILES string of the molecule is Cc1cccc(NC(=O)CN2CCN(C(=O)Cn3cnc4ccc(F)cc4c3=O)CC2)c1C. The Hall–Kier alpha value is -3.59. The molecule has 33 heavy (non-hydrogen) atoms. The fourth-order valence-electron chi connectivity index (χ4n) is 3.92. The van der Waals surface area contributed by atoms with Gasteiger partial charge in [-0.3, -0.25) is 23.9 Å². The van der Waals surface area contributed by atoms with Crippen LogP contribution in [0.25, 0.3) is 10.9 Å². The molecule has 1 aliphatic rings. The zero-order valence-electron chi connectivity index (χ0n) is 18.7. The molecule has 0 bridgehead atoms. The number of fused-ring (bicyclic) bond motifs is 1. The van der Waals surface area contributed by atoms with E-state index in [1.54, 1.807) is 4.90 Å². The molecule has 2 amide bonds. The molecule has 0 unspecified atom stereocenters. The normalized spacial score (nSPS) is 14.5. The Balaban J connectivity index is 1.31. The topological polar surface area (TPSA) is 87.5 Å². The average molecular weight is 452 g/mol. The number of aryl methyl sites for hydroxylation is 1. The summed E-state index contributed by atoms with van der Waals surface area (Å²) in [6.45, 7) is 6.09. The van der Waals surface area contributed by atoms with E-state index in [2.05, 4.69) is 10.3 Å². The Labute approximate surface area is 190 Å². The third kappa shape index (κ3) is 5.09. The van der Waals surface area contributed by atoms with E-state index >= 15 is 0 Å². The molecule has 1 aromatic heterocycles. The summed E-state index contributed by atoms with van der Waals surface area (Å²) < 4.78 is 14.7. The predicted octanol–water partition coefficient (Wildman–Crippen LogP) is 1.94. The largest absolute Gasteiger partial charge is 0.339 e. The minimum Gasteiger partial charge on any atom is -0.339 e. The van der Waals surface area contributed by atoms with Crippen LogP contribution in [0.2, 0.25) is 0 Å². The second-order valence-electron chi connectivity index (χ2n) is 8.29. The smallest absolute Gasteiger partial charge is 0.261 e. The maximum absolute atomic E-state index is 13.5. The molecule has 3 aromatic rings. The molecule has 0 saturated carbocycles. The number of anilines is 1. The highest BCUT2D eigenvalue weighted by molar-refractivity contribution is 5.93. The average Bonchev–Trinajstić information content (AvgIpc) is 2.79. The number of rotatable bonds is 5. The second kappa shape index (κ2) is 9.50. The molecule has 0 atom stereocenters. The lowest BCUT2D eigenvalue weighted by Gasteiger charge is -2.34. The summed E-state index contributed by atoms with van der Waals surface area (Å²) in [6.07, 6.45) is 1.31.